The third-order valence-electron chi connectivity index (χ3n) is 2.73. The monoisotopic (exact) mass is 296 g/mol. The van der Waals surface area contributed by atoms with Gasteiger partial charge >= 0.3 is 96.5 Å². The molecule has 2 fully saturated rings. The molecule has 0 bridgehead atoms. The van der Waals surface area contributed by atoms with Crippen LogP contribution in [0.2, 0.25) is 0 Å². The number of halogens is 2. The van der Waals surface area contributed by atoms with Crippen molar-refractivity contribution in [3.05, 3.63) is 0 Å². The van der Waals surface area contributed by atoms with E-state index in [1.54, 1.807) is 6.92 Å². The van der Waals surface area contributed by atoms with E-state index in [0.29, 0.717) is 0 Å². The van der Waals surface area contributed by atoms with Crippen LogP contribution in [0.5, 0.6) is 0 Å². The molecule has 0 aliphatic carbocycles. The Kier molecular flexibility index (Phi) is 3.37. The summed E-state index contributed by atoms with van der Waals surface area (Å²) < 4.78 is 42.7. The summed E-state index contributed by atoms with van der Waals surface area (Å²) in [6.07, 6.45) is -0.532. The summed E-state index contributed by atoms with van der Waals surface area (Å²) in [4.78, 5) is 9.41. The molecule has 0 aromatic rings. The van der Waals surface area contributed by atoms with Crippen LogP contribution in [-0.4, -0.2) is 30.8 Å². The Morgan fingerprint density at radius 1 is 1.50 bits per heavy atom. The molecule has 0 saturated carbocycles. The third kappa shape index (κ3) is 2.57. The molecular weight excluding hydrogens is 284 g/mol. The van der Waals surface area contributed by atoms with Crippen LogP contribution in [0, 0.1) is 5.41 Å². The summed E-state index contributed by atoms with van der Waals surface area (Å²) >= 11 is 5.56. The van der Waals surface area contributed by atoms with Crippen LogP contribution in [0.3, 0.4) is 0 Å². The molecular formula is C6H12ClFO6P2. The quantitative estimate of drug-likeness (QED) is 0.691. The molecule has 16 heavy (non-hydrogen) atoms. The van der Waals surface area contributed by atoms with E-state index in [1.807, 2.05) is 0 Å². The maximum atomic E-state index is 12.9. The zero-order chi connectivity index (χ0) is 12.0. The van der Waals surface area contributed by atoms with Gasteiger partial charge in [-0.15, -0.1) is 0 Å². The van der Waals surface area contributed by atoms with Crippen LogP contribution < -0.4 is 0 Å². The van der Waals surface area contributed by atoms with Crippen molar-refractivity contribution in [1.82, 2.24) is 0 Å². The maximum absolute atomic E-state index is 12.9. The predicted octanol–water partition coefficient (Wildman–Crippen LogP) is 2.17. The summed E-state index contributed by atoms with van der Waals surface area (Å²) in [5, 5.41) is 0. The molecule has 96 valence electrons. The van der Waals surface area contributed by atoms with E-state index < -0.39 is 26.7 Å². The molecule has 1 spiro atoms. The molecule has 2 heterocycles. The van der Waals surface area contributed by atoms with Gasteiger partial charge in [-0.1, -0.05) is 0 Å². The van der Waals surface area contributed by atoms with Crippen molar-refractivity contribution >= 4 is 26.4 Å². The van der Waals surface area contributed by atoms with E-state index in [9.17, 15) is 13.7 Å². The van der Waals surface area contributed by atoms with Gasteiger partial charge in [-0.05, 0) is 0 Å². The average molecular weight is 297 g/mol. The van der Waals surface area contributed by atoms with Crippen molar-refractivity contribution < 1.29 is 31.8 Å². The molecule has 2 saturated heterocycles. The second kappa shape index (κ2) is 4.11. The first-order valence-electron chi connectivity index (χ1n) is 4.57. The van der Waals surface area contributed by atoms with Gasteiger partial charge in [-0.3, -0.25) is 0 Å². The van der Waals surface area contributed by atoms with Crippen molar-refractivity contribution in [2.75, 3.05) is 19.8 Å². The SMILES string of the molecule is CC1O[PH](O)(Cl)OCC12COP(=O)(F)OC2. The first-order valence-corrected chi connectivity index (χ1v) is 8.78. The van der Waals surface area contributed by atoms with Gasteiger partial charge < -0.3 is 0 Å². The summed E-state index contributed by atoms with van der Waals surface area (Å²) in [7, 11) is -8.03. The Bertz CT molecular complexity index is 327. The van der Waals surface area contributed by atoms with Gasteiger partial charge in [0.05, 0.1) is 0 Å². The molecule has 1 N–H and O–H groups in total. The summed E-state index contributed by atoms with van der Waals surface area (Å²) in [5.41, 5.74) is -0.784. The van der Waals surface area contributed by atoms with Crippen LogP contribution in [0.4, 0.5) is 4.20 Å². The van der Waals surface area contributed by atoms with Crippen LogP contribution in [0.1, 0.15) is 6.92 Å². The van der Waals surface area contributed by atoms with Crippen LogP contribution in [-0.2, 0) is 22.7 Å². The molecule has 0 radical (unpaired) electrons. The Morgan fingerprint density at radius 2 is 2.06 bits per heavy atom. The fraction of sp³-hybridized carbons (Fsp3) is 1.00. The Labute approximate surface area is 97.0 Å². The van der Waals surface area contributed by atoms with E-state index in [0.717, 1.165) is 0 Å². The Morgan fingerprint density at radius 3 is 2.56 bits per heavy atom. The molecule has 0 aromatic carbocycles. The van der Waals surface area contributed by atoms with Crippen molar-refractivity contribution in [1.29, 1.82) is 0 Å². The zero-order valence-electron chi connectivity index (χ0n) is 8.39. The van der Waals surface area contributed by atoms with Crippen LogP contribution in [0.15, 0.2) is 0 Å². The van der Waals surface area contributed by atoms with Gasteiger partial charge in [-0.25, -0.2) is 0 Å². The zero-order valence-corrected chi connectivity index (χ0v) is 11.0. The number of hydrogen-bond acceptors (Lipinski definition) is 6. The first-order chi connectivity index (χ1) is 7.25. The third-order valence-corrected chi connectivity index (χ3v) is 5.35. The average Bonchev–Trinajstić information content (AvgIpc) is 2.15. The van der Waals surface area contributed by atoms with Crippen LogP contribution in [0.25, 0.3) is 0 Å². The fourth-order valence-corrected chi connectivity index (χ4v) is 4.22. The van der Waals surface area contributed by atoms with Crippen molar-refractivity contribution in [2.45, 2.75) is 13.0 Å². The molecule has 2 rings (SSSR count). The van der Waals surface area contributed by atoms with Gasteiger partial charge in [0, 0.05) is 0 Å². The van der Waals surface area contributed by atoms with Crippen LogP contribution >= 0.6 is 26.4 Å². The molecule has 6 nitrogen and oxygen atoms in total. The summed E-state index contributed by atoms with van der Waals surface area (Å²) in [6, 6.07) is 0. The van der Waals surface area contributed by atoms with E-state index in [-0.39, 0.29) is 19.8 Å². The Hall–Kier alpha value is 0.680. The number of hydrogen-bond donors (Lipinski definition) is 1. The fourth-order valence-electron chi connectivity index (χ4n) is 1.54. The second-order valence-corrected chi connectivity index (χ2v) is 8.24. The normalized spacial score (nSPS) is 50.1. The second-order valence-electron chi connectivity index (χ2n) is 3.89. The molecule has 10 heteroatoms. The van der Waals surface area contributed by atoms with Crippen molar-refractivity contribution in [2.24, 2.45) is 5.41 Å². The van der Waals surface area contributed by atoms with E-state index in [4.69, 9.17) is 20.3 Å². The standard InChI is InChI=1S/C6H12ClFO6P2/c1-5-6(2-11-15(7,9)14-5)3-12-16(8,10)13-4-6/h5,9,15H,2-4H2,1H3. The van der Waals surface area contributed by atoms with Crippen molar-refractivity contribution in [3.63, 3.8) is 0 Å². The first kappa shape index (κ1) is 13.1. The number of rotatable bonds is 0. The predicted molar refractivity (Wildman–Crippen MR) is 55.9 cm³/mol. The molecule has 1 atom stereocenters. The van der Waals surface area contributed by atoms with Gasteiger partial charge in [0.25, 0.3) is 0 Å². The topological polar surface area (TPSA) is 74.2 Å². The molecule has 0 amide bonds. The van der Waals surface area contributed by atoms with E-state index in [1.165, 1.54) is 0 Å². The minimum absolute atomic E-state index is 0.0143. The summed E-state index contributed by atoms with van der Waals surface area (Å²) in [5.74, 6) is 0. The molecule has 2 aliphatic rings. The van der Waals surface area contributed by atoms with Gasteiger partial charge in [-0.2, -0.15) is 0 Å². The van der Waals surface area contributed by atoms with E-state index in [2.05, 4.69) is 9.05 Å². The van der Waals surface area contributed by atoms with Gasteiger partial charge in [0.1, 0.15) is 0 Å². The minimum atomic E-state index is -4.43. The summed E-state index contributed by atoms with van der Waals surface area (Å²) in [6.45, 7) is 1.33. The van der Waals surface area contributed by atoms with Gasteiger partial charge in [0.15, 0.2) is 0 Å². The molecule has 0 aromatic heterocycles. The van der Waals surface area contributed by atoms with Crippen molar-refractivity contribution in [3.8, 4) is 0 Å². The Balaban J connectivity index is 2.08. The van der Waals surface area contributed by atoms with E-state index >= 15 is 0 Å². The molecule has 2 aliphatic heterocycles. The van der Waals surface area contributed by atoms with Gasteiger partial charge in [0.2, 0.25) is 0 Å². The molecule has 1 unspecified atom stereocenters.